The van der Waals surface area contributed by atoms with Crippen molar-refractivity contribution < 1.29 is 14.3 Å². The first-order valence-electron chi connectivity index (χ1n) is 7.25. The average Bonchev–Trinajstić information content (AvgIpc) is 2.48. The number of carbonyl (C=O) groups is 1. The van der Waals surface area contributed by atoms with Crippen LogP contribution in [0.1, 0.15) is 48.5 Å². The maximum absolute atomic E-state index is 13.9. The summed E-state index contributed by atoms with van der Waals surface area (Å²) in [5.74, 6) is 4.62. The highest BCUT2D eigenvalue weighted by Gasteiger charge is 2.13. The molecule has 1 amide bonds. The molecule has 4 heteroatoms. The normalized spacial score (nSPS) is 9.90. The van der Waals surface area contributed by atoms with Gasteiger partial charge in [-0.3, -0.25) is 4.79 Å². The molecule has 0 bridgehead atoms. The lowest BCUT2D eigenvalue weighted by atomic mass is 10.1. The van der Waals surface area contributed by atoms with E-state index in [1.807, 2.05) is 0 Å². The number of unbranched alkanes of at least 4 members (excludes halogenated alkanes) is 2. The maximum Gasteiger partial charge on any atom is 0.253 e. The van der Waals surface area contributed by atoms with Gasteiger partial charge < -0.3 is 10.0 Å². The molecule has 0 heterocycles. The largest absolute Gasteiger partial charge is 0.395 e. The first kappa shape index (κ1) is 17.2. The van der Waals surface area contributed by atoms with Gasteiger partial charge in [0.1, 0.15) is 5.82 Å². The third-order valence-electron chi connectivity index (χ3n) is 3.12. The number of aliphatic hydroxyl groups excluding tert-OH is 1. The fourth-order valence-electron chi connectivity index (χ4n) is 1.88. The van der Waals surface area contributed by atoms with Crippen LogP contribution in [0.5, 0.6) is 0 Å². The van der Waals surface area contributed by atoms with Gasteiger partial charge in [0.15, 0.2) is 0 Å². The molecule has 0 unspecified atom stereocenters. The molecule has 0 fully saturated rings. The van der Waals surface area contributed by atoms with Gasteiger partial charge in [0.25, 0.3) is 5.91 Å². The second-order valence-corrected chi connectivity index (χ2v) is 4.90. The van der Waals surface area contributed by atoms with Crippen LogP contribution >= 0.6 is 0 Å². The monoisotopic (exact) mass is 291 g/mol. The highest BCUT2D eigenvalue weighted by Crippen LogP contribution is 2.12. The summed E-state index contributed by atoms with van der Waals surface area (Å²) >= 11 is 0. The summed E-state index contributed by atoms with van der Waals surface area (Å²) in [4.78, 5) is 13.8. The second kappa shape index (κ2) is 9.15. The molecule has 0 atom stereocenters. The molecular weight excluding hydrogens is 269 g/mol. The van der Waals surface area contributed by atoms with Crippen molar-refractivity contribution in [3.05, 3.63) is 35.1 Å². The molecule has 0 aliphatic heterocycles. The average molecular weight is 291 g/mol. The number of nitrogens with zero attached hydrogens (tertiary/aromatic N) is 1. The molecule has 0 aromatic heterocycles. The van der Waals surface area contributed by atoms with Crippen molar-refractivity contribution in [1.82, 2.24) is 4.90 Å². The lowest BCUT2D eigenvalue weighted by Crippen LogP contribution is -2.27. The van der Waals surface area contributed by atoms with Crippen LogP contribution in [0.2, 0.25) is 0 Å². The van der Waals surface area contributed by atoms with Gasteiger partial charge in [-0.25, -0.2) is 4.39 Å². The van der Waals surface area contributed by atoms with E-state index in [1.54, 1.807) is 18.0 Å². The number of benzene rings is 1. The Morgan fingerprint density at radius 1 is 1.38 bits per heavy atom. The fraction of sp³-hybridized carbons (Fsp3) is 0.471. The van der Waals surface area contributed by atoms with E-state index >= 15 is 0 Å². The van der Waals surface area contributed by atoms with Gasteiger partial charge in [0.2, 0.25) is 0 Å². The lowest BCUT2D eigenvalue weighted by molar-refractivity contribution is 0.0792. The quantitative estimate of drug-likeness (QED) is 0.647. The first-order chi connectivity index (χ1) is 10.1. The van der Waals surface area contributed by atoms with Gasteiger partial charge in [0, 0.05) is 25.6 Å². The van der Waals surface area contributed by atoms with Gasteiger partial charge in [-0.2, -0.15) is 0 Å². The summed E-state index contributed by atoms with van der Waals surface area (Å²) < 4.78 is 13.9. The standard InChI is InChI=1S/C17H22FNO2/c1-3-4-6-11-19(2)17(21)15-10-9-14(16(18)13-15)8-5-7-12-20/h9-10,13,20H,3-4,6-7,11-12H2,1-2H3. The topological polar surface area (TPSA) is 40.5 Å². The first-order valence-corrected chi connectivity index (χ1v) is 7.25. The molecule has 0 aliphatic rings. The predicted octanol–water partition coefficient (Wildman–Crippen LogP) is 2.82. The summed E-state index contributed by atoms with van der Waals surface area (Å²) in [5.41, 5.74) is 0.577. The number of halogens is 1. The molecule has 1 aromatic carbocycles. The zero-order chi connectivity index (χ0) is 15.7. The van der Waals surface area contributed by atoms with Crippen molar-refractivity contribution in [2.45, 2.75) is 32.6 Å². The van der Waals surface area contributed by atoms with E-state index in [0.717, 1.165) is 19.3 Å². The number of aliphatic hydroxyl groups is 1. The minimum atomic E-state index is -0.506. The van der Waals surface area contributed by atoms with E-state index in [0.29, 0.717) is 18.5 Å². The Balaban J connectivity index is 2.74. The zero-order valence-corrected chi connectivity index (χ0v) is 12.7. The SMILES string of the molecule is CCCCCN(C)C(=O)c1ccc(C#CCCO)c(F)c1. The summed E-state index contributed by atoms with van der Waals surface area (Å²) in [6.07, 6.45) is 3.43. The van der Waals surface area contributed by atoms with Crippen LogP contribution in [-0.2, 0) is 0 Å². The summed E-state index contributed by atoms with van der Waals surface area (Å²) in [6, 6.07) is 4.32. The van der Waals surface area contributed by atoms with Crippen molar-refractivity contribution in [1.29, 1.82) is 0 Å². The summed E-state index contributed by atoms with van der Waals surface area (Å²) in [5, 5.41) is 8.63. The third-order valence-corrected chi connectivity index (χ3v) is 3.12. The second-order valence-electron chi connectivity index (χ2n) is 4.90. The summed E-state index contributed by atoms with van der Waals surface area (Å²) in [7, 11) is 1.73. The number of hydrogen-bond acceptors (Lipinski definition) is 2. The molecule has 0 saturated heterocycles. The van der Waals surface area contributed by atoms with Crippen molar-refractivity contribution in [2.75, 3.05) is 20.2 Å². The van der Waals surface area contributed by atoms with Gasteiger partial charge in [0.05, 0.1) is 12.2 Å². The molecule has 0 spiro atoms. The third kappa shape index (κ3) is 5.57. The van der Waals surface area contributed by atoms with Gasteiger partial charge in [-0.15, -0.1) is 0 Å². The van der Waals surface area contributed by atoms with Crippen LogP contribution in [0.3, 0.4) is 0 Å². The number of amides is 1. The van der Waals surface area contributed by atoms with E-state index in [9.17, 15) is 9.18 Å². The Labute approximate surface area is 125 Å². The highest BCUT2D eigenvalue weighted by atomic mass is 19.1. The van der Waals surface area contributed by atoms with E-state index in [-0.39, 0.29) is 18.1 Å². The fourth-order valence-corrected chi connectivity index (χ4v) is 1.88. The molecule has 3 nitrogen and oxygen atoms in total. The van der Waals surface area contributed by atoms with E-state index < -0.39 is 5.82 Å². The van der Waals surface area contributed by atoms with Crippen LogP contribution in [0.4, 0.5) is 4.39 Å². The smallest absolute Gasteiger partial charge is 0.253 e. The molecule has 21 heavy (non-hydrogen) atoms. The Morgan fingerprint density at radius 3 is 2.76 bits per heavy atom. The van der Waals surface area contributed by atoms with E-state index in [4.69, 9.17) is 5.11 Å². The number of hydrogen-bond donors (Lipinski definition) is 1. The minimum absolute atomic E-state index is 0.0479. The van der Waals surface area contributed by atoms with Crippen molar-refractivity contribution >= 4 is 5.91 Å². The number of rotatable bonds is 6. The maximum atomic E-state index is 13.9. The molecule has 1 aromatic rings. The Bertz CT molecular complexity index is 531. The Morgan fingerprint density at radius 2 is 2.14 bits per heavy atom. The summed E-state index contributed by atoms with van der Waals surface area (Å²) in [6.45, 7) is 2.73. The van der Waals surface area contributed by atoms with Gasteiger partial charge in [-0.1, -0.05) is 31.6 Å². The van der Waals surface area contributed by atoms with E-state index in [1.165, 1.54) is 12.1 Å². The Hall–Kier alpha value is -1.86. The minimum Gasteiger partial charge on any atom is -0.395 e. The molecule has 0 saturated carbocycles. The molecule has 1 N–H and O–H groups in total. The van der Waals surface area contributed by atoms with Crippen molar-refractivity contribution in [2.24, 2.45) is 0 Å². The van der Waals surface area contributed by atoms with Crippen molar-refractivity contribution in [3.63, 3.8) is 0 Å². The van der Waals surface area contributed by atoms with Crippen molar-refractivity contribution in [3.8, 4) is 11.8 Å². The molecule has 1 rings (SSSR count). The van der Waals surface area contributed by atoms with Crippen LogP contribution in [-0.4, -0.2) is 36.1 Å². The molecular formula is C17H22FNO2. The van der Waals surface area contributed by atoms with E-state index in [2.05, 4.69) is 18.8 Å². The van der Waals surface area contributed by atoms with Crippen LogP contribution in [0, 0.1) is 17.7 Å². The Kier molecular flexibility index (Phi) is 7.49. The molecule has 0 aliphatic carbocycles. The van der Waals surface area contributed by atoms with Crippen LogP contribution in [0.15, 0.2) is 18.2 Å². The zero-order valence-electron chi connectivity index (χ0n) is 12.7. The van der Waals surface area contributed by atoms with Crippen LogP contribution in [0.25, 0.3) is 0 Å². The predicted molar refractivity (Wildman–Crippen MR) is 81.5 cm³/mol. The molecule has 114 valence electrons. The lowest BCUT2D eigenvalue weighted by Gasteiger charge is -2.17. The molecule has 0 radical (unpaired) electrons. The number of carbonyl (C=O) groups excluding carboxylic acids is 1. The van der Waals surface area contributed by atoms with Gasteiger partial charge >= 0.3 is 0 Å². The highest BCUT2D eigenvalue weighted by molar-refractivity contribution is 5.94. The van der Waals surface area contributed by atoms with Gasteiger partial charge in [-0.05, 0) is 24.6 Å². The van der Waals surface area contributed by atoms with Crippen LogP contribution < -0.4 is 0 Å².